The highest BCUT2D eigenvalue weighted by Crippen LogP contribution is 2.34. The van der Waals surface area contributed by atoms with Gasteiger partial charge in [-0.2, -0.15) is 11.8 Å². The standard InChI is InChI=1S/C17H34N2S/c1-4-17(5-2,20-3)15-19-13-9-12-18-16(14-19)10-7-6-8-11-16/h18H,4-15H2,1-3H3. The maximum Gasteiger partial charge on any atom is 0.0308 e. The Bertz CT molecular complexity index is 274. The molecule has 0 amide bonds. The first kappa shape index (κ1) is 16.6. The van der Waals surface area contributed by atoms with E-state index in [2.05, 4.69) is 42.1 Å². The monoisotopic (exact) mass is 298 g/mol. The van der Waals surface area contributed by atoms with Crippen LogP contribution in [0.15, 0.2) is 0 Å². The fraction of sp³-hybridized carbons (Fsp3) is 1.00. The third-order valence-corrected chi connectivity index (χ3v) is 7.29. The molecule has 0 radical (unpaired) electrons. The van der Waals surface area contributed by atoms with Crippen molar-refractivity contribution in [3.63, 3.8) is 0 Å². The van der Waals surface area contributed by atoms with Gasteiger partial charge in [0.15, 0.2) is 0 Å². The van der Waals surface area contributed by atoms with Crippen molar-refractivity contribution >= 4 is 11.8 Å². The highest BCUT2D eigenvalue weighted by Gasteiger charge is 2.37. The summed E-state index contributed by atoms with van der Waals surface area (Å²) in [6.45, 7) is 9.82. The molecule has 1 saturated carbocycles. The SMILES string of the molecule is CCC(CC)(CN1CCCNC2(CCCCC2)C1)SC. The van der Waals surface area contributed by atoms with E-state index in [1.807, 2.05) is 0 Å². The number of thioether (sulfide) groups is 1. The second kappa shape index (κ2) is 7.51. The topological polar surface area (TPSA) is 15.3 Å². The first-order chi connectivity index (χ1) is 9.67. The minimum atomic E-state index is 0.445. The average Bonchev–Trinajstić information content (AvgIpc) is 2.68. The van der Waals surface area contributed by atoms with E-state index in [0.29, 0.717) is 10.3 Å². The largest absolute Gasteiger partial charge is 0.310 e. The lowest BCUT2D eigenvalue weighted by Crippen LogP contribution is -2.54. The Balaban J connectivity index is 2.02. The van der Waals surface area contributed by atoms with Crippen LogP contribution in [0.2, 0.25) is 0 Å². The highest BCUT2D eigenvalue weighted by atomic mass is 32.2. The number of nitrogens with zero attached hydrogens (tertiary/aromatic N) is 1. The molecule has 1 spiro atoms. The van der Waals surface area contributed by atoms with Gasteiger partial charge in [-0.15, -0.1) is 0 Å². The molecule has 2 rings (SSSR count). The van der Waals surface area contributed by atoms with Crippen LogP contribution >= 0.6 is 11.8 Å². The quantitative estimate of drug-likeness (QED) is 0.828. The molecule has 1 aliphatic carbocycles. The smallest absolute Gasteiger partial charge is 0.0308 e. The van der Waals surface area contributed by atoms with Gasteiger partial charge in [-0.1, -0.05) is 33.1 Å². The predicted octanol–water partition coefficient (Wildman–Crippen LogP) is 3.91. The van der Waals surface area contributed by atoms with Crippen LogP contribution in [0.1, 0.15) is 65.2 Å². The Morgan fingerprint density at radius 2 is 1.80 bits per heavy atom. The van der Waals surface area contributed by atoms with Crippen molar-refractivity contribution < 1.29 is 0 Å². The average molecular weight is 299 g/mol. The molecule has 2 nitrogen and oxygen atoms in total. The molecule has 1 saturated heterocycles. The van der Waals surface area contributed by atoms with E-state index < -0.39 is 0 Å². The van der Waals surface area contributed by atoms with Crippen molar-refractivity contribution in [2.75, 3.05) is 32.4 Å². The van der Waals surface area contributed by atoms with Crippen LogP contribution < -0.4 is 5.32 Å². The van der Waals surface area contributed by atoms with Crippen molar-refractivity contribution in [3.8, 4) is 0 Å². The Hall–Kier alpha value is 0.270. The fourth-order valence-electron chi connectivity index (χ4n) is 4.15. The van der Waals surface area contributed by atoms with E-state index in [0.717, 1.165) is 0 Å². The molecule has 1 N–H and O–H groups in total. The number of nitrogens with one attached hydrogen (secondary N) is 1. The second-order valence-electron chi connectivity index (χ2n) is 6.93. The number of hydrogen-bond donors (Lipinski definition) is 1. The molecule has 0 aromatic rings. The van der Waals surface area contributed by atoms with Crippen molar-refractivity contribution in [1.29, 1.82) is 0 Å². The maximum absolute atomic E-state index is 3.92. The van der Waals surface area contributed by atoms with Crippen LogP contribution in [0.25, 0.3) is 0 Å². The molecule has 2 aliphatic rings. The van der Waals surface area contributed by atoms with Gasteiger partial charge in [0, 0.05) is 23.4 Å². The first-order valence-electron chi connectivity index (χ1n) is 8.70. The molecular formula is C17H34N2S. The molecule has 0 aromatic carbocycles. The minimum absolute atomic E-state index is 0.445. The molecular weight excluding hydrogens is 264 g/mol. The summed E-state index contributed by atoms with van der Waals surface area (Å²) in [5, 5.41) is 3.92. The molecule has 1 heterocycles. The van der Waals surface area contributed by atoms with Crippen molar-refractivity contribution in [2.45, 2.75) is 75.5 Å². The molecule has 0 atom stereocenters. The molecule has 0 aromatic heterocycles. The van der Waals surface area contributed by atoms with Crippen LogP contribution in [0.5, 0.6) is 0 Å². The summed E-state index contributed by atoms with van der Waals surface area (Å²) in [4.78, 5) is 2.79. The van der Waals surface area contributed by atoms with Gasteiger partial charge in [-0.05, 0) is 51.4 Å². The summed E-state index contributed by atoms with van der Waals surface area (Å²) >= 11 is 2.09. The summed E-state index contributed by atoms with van der Waals surface area (Å²) in [6.07, 6.45) is 13.3. The number of hydrogen-bond acceptors (Lipinski definition) is 3. The third-order valence-electron chi connectivity index (χ3n) is 5.72. The van der Waals surface area contributed by atoms with Crippen LogP contribution in [0, 0.1) is 0 Å². The van der Waals surface area contributed by atoms with Gasteiger partial charge in [0.2, 0.25) is 0 Å². The summed E-state index contributed by atoms with van der Waals surface area (Å²) in [5.41, 5.74) is 0.445. The van der Waals surface area contributed by atoms with Crippen LogP contribution in [-0.2, 0) is 0 Å². The Morgan fingerprint density at radius 3 is 2.40 bits per heavy atom. The summed E-state index contributed by atoms with van der Waals surface area (Å²) < 4.78 is 0.472. The van der Waals surface area contributed by atoms with E-state index in [-0.39, 0.29) is 0 Å². The van der Waals surface area contributed by atoms with Crippen molar-refractivity contribution in [1.82, 2.24) is 10.2 Å². The van der Waals surface area contributed by atoms with Gasteiger partial charge in [-0.25, -0.2) is 0 Å². The van der Waals surface area contributed by atoms with E-state index in [1.54, 1.807) is 0 Å². The Morgan fingerprint density at radius 1 is 1.10 bits per heavy atom. The van der Waals surface area contributed by atoms with Gasteiger partial charge < -0.3 is 10.2 Å². The lowest BCUT2D eigenvalue weighted by Gasteiger charge is -2.42. The minimum Gasteiger partial charge on any atom is -0.310 e. The van der Waals surface area contributed by atoms with E-state index in [9.17, 15) is 0 Å². The van der Waals surface area contributed by atoms with Gasteiger partial charge in [-0.3, -0.25) is 0 Å². The summed E-state index contributed by atoms with van der Waals surface area (Å²) in [6, 6.07) is 0. The molecule has 20 heavy (non-hydrogen) atoms. The molecule has 0 bridgehead atoms. The zero-order valence-corrected chi connectivity index (χ0v) is 14.7. The van der Waals surface area contributed by atoms with Crippen molar-refractivity contribution in [2.24, 2.45) is 0 Å². The van der Waals surface area contributed by atoms with Gasteiger partial charge >= 0.3 is 0 Å². The molecule has 3 heteroatoms. The molecule has 0 unspecified atom stereocenters. The highest BCUT2D eigenvalue weighted by molar-refractivity contribution is 8.00. The molecule has 118 valence electrons. The van der Waals surface area contributed by atoms with E-state index >= 15 is 0 Å². The maximum atomic E-state index is 3.92. The normalized spacial score (nSPS) is 24.8. The Kier molecular flexibility index (Phi) is 6.25. The first-order valence-corrected chi connectivity index (χ1v) is 9.92. The van der Waals surface area contributed by atoms with E-state index in [4.69, 9.17) is 0 Å². The summed E-state index contributed by atoms with van der Waals surface area (Å²) in [5.74, 6) is 0. The van der Waals surface area contributed by atoms with Gasteiger partial charge in [0.05, 0.1) is 0 Å². The lowest BCUT2D eigenvalue weighted by molar-refractivity contribution is 0.153. The van der Waals surface area contributed by atoms with Gasteiger partial charge in [0.25, 0.3) is 0 Å². The number of rotatable bonds is 5. The Labute approximate surface area is 130 Å². The van der Waals surface area contributed by atoms with E-state index in [1.165, 1.54) is 77.5 Å². The zero-order chi connectivity index (χ0) is 14.5. The predicted molar refractivity (Wildman–Crippen MR) is 91.7 cm³/mol. The molecule has 2 fully saturated rings. The van der Waals surface area contributed by atoms with Gasteiger partial charge in [0.1, 0.15) is 0 Å². The van der Waals surface area contributed by atoms with Crippen LogP contribution in [-0.4, -0.2) is 47.6 Å². The zero-order valence-electron chi connectivity index (χ0n) is 13.8. The third kappa shape index (κ3) is 3.92. The second-order valence-corrected chi connectivity index (χ2v) is 8.20. The molecule has 1 aliphatic heterocycles. The van der Waals surface area contributed by atoms with Crippen molar-refractivity contribution in [3.05, 3.63) is 0 Å². The van der Waals surface area contributed by atoms with Crippen LogP contribution in [0.4, 0.5) is 0 Å². The van der Waals surface area contributed by atoms with Crippen LogP contribution in [0.3, 0.4) is 0 Å². The summed E-state index contributed by atoms with van der Waals surface area (Å²) in [7, 11) is 0. The fourth-order valence-corrected chi connectivity index (χ4v) is 5.04. The lowest BCUT2D eigenvalue weighted by atomic mass is 9.81.